The second-order valence-corrected chi connectivity index (χ2v) is 3.59. The fraction of sp³-hybridized carbons (Fsp3) is 0.714. The minimum atomic E-state index is -0.820. The zero-order chi connectivity index (χ0) is 9.56. The highest BCUT2D eigenvalue weighted by molar-refractivity contribution is 7.99. The average Bonchev–Trinajstić information content (AvgIpc) is 1.97. The minimum Gasteiger partial charge on any atom is -0.481 e. The van der Waals surface area contributed by atoms with E-state index in [2.05, 4.69) is 0 Å². The number of carboxylic acid groups (broad SMARTS) is 1. The molecule has 12 heavy (non-hydrogen) atoms. The van der Waals surface area contributed by atoms with Gasteiger partial charge in [-0.15, -0.1) is 0 Å². The van der Waals surface area contributed by atoms with Crippen molar-refractivity contribution < 1.29 is 14.7 Å². The summed E-state index contributed by atoms with van der Waals surface area (Å²) in [6.45, 7) is 0. The molecule has 4 nitrogen and oxygen atoms in total. The third-order valence-electron chi connectivity index (χ3n) is 1.18. The maximum absolute atomic E-state index is 10.9. The summed E-state index contributed by atoms with van der Waals surface area (Å²) < 4.78 is 0. The van der Waals surface area contributed by atoms with Crippen LogP contribution in [0.5, 0.6) is 0 Å². The average molecular weight is 191 g/mol. The summed E-state index contributed by atoms with van der Waals surface area (Å²) in [5.41, 5.74) is 0. The fourth-order valence-corrected chi connectivity index (χ4v) is 1.34. The number of amides is 1. The highest BCUT2D eigenvalue weighted by Gasteiger charge is 2.04. The standard InChI is InChI=1S/C7H13NO3S/c1-8(2)6(9)5-12-4-3-7(10)11/h3-5H2,1-2H3,(H,10,11). The van der Waals surface area contributed by atoms with Crippen LogP contribution < -0.4 is 0 Å². The van der Waals surface area contributed by atoms with E-state index in [0.717, 1.165) is 0 Å². The van der Waals surface area contributed by atoms with Crippen LogP contribution in [-0.4, -0.2) is 47.5 Å². The van der Waals surface area contributed by atoms with Crippen molar-refractivity contribution in [3.63, 3.8) is 0 Å². The van der Waals surface area contributed by atoms with Crippen molar-refractivity contribution in [2.45, 2.75) is 6.42 Å². The Morgan fingerprint density at radius 3 is 2.42 bits per heavy atom. The summed E-state index contributed by atoms with van der Waals surface area (Å²) in [6, 6.07) is 0. The number of rotatable bonds is 5. The topological polar surface area (TPSA) is 57.6 Å². The van der Waals surface area contributed by atoms with Crippen molar-refractivity contribution in [1.29, 1.82) is 0 Å². The number of nitrogens with zero attached hydrogens (tertiary/aromatic N) is 1. The van der Waals surface area contributed by atoms with Gasteiger partial charge in [-0.05, 0) is 0 Å². The molecule has 0 unspecified atom stereocenters. The number of carboxylic acids is 1. The Morgan fingerprint density at radius 1 is 1.42 bits per heavy atom. The van der Waals surface area contributed by atoms with Crippen molar-refractivity contribution in [2.24, 2.45) is 0 Å². The molecule has 0 aromatic carbocycles. The summed E-state index contributed by atoms with van der Waals surface area (Å²) in [7, 11) is 3.36. The lowest BCUT2D eigenvalue weighted by atomic mass is 10.5. The lowest BCUT2D eigenvalue weighted by molar-refractivity contribution is -0.136. The molecule has 0 heterocycles. The van der Waals surface area contributed by atoms with Crippen LogP contribution in [0.3, 0.4) is 0 Å². The second kappa shape index (κ2) is 5.88. The Balaban J connectivity index is 3.32. The van der Waals surface area contributed by atoms with Crippen molar-refractivity contribution in [3.8, 4) is 0 Å². The molecule has 0 aromatic heterocycles. The molecule has 1 N–H and O–H groups in total. The van der Waals surface area contributed by atoms with Crippen LogP contribution in [0.1, 0.15) is 6.42 Å². The Hall–Kier alpha value is -0.710. The molecule has 0 atom stereocenters. The molecular weight excluding hydrogens is 178 g/mol. The first-order chi connectivity index (χ1) is 5.54. The molecule has 0 aliphatic heterocycles. The zero-order valence-electron chi connectivity index (χ0n) is 7.24. The third kappa shape index (κ3) is 6.03. The molecule has 0 aromatic rings. The number of hydrogen-bond acceptors (Lipinski definition) is 3. The first kappa shape index (κ1) is 11.3. The summed E-state index contributed by atoms with van der Waals surface area (Å²) in [5, 5.41) is 8.28. The van der Waals surface area contributed by atoms with Crippen LogP contribution in [-0.2, 0) is 9.59 Å². The zero-order valence-corrected chi connectivity index (χ0v) is 8.06. The molecule has 0 rings (SSSR count). The number of carbonyl (C=O) groups excluding carboxylic acids is 1. The van der Waals surface area contributed by atoms with Gasteiger partial charge in [-0.3, -0.25) is 9.59 Å². The summed E-state index contributed by atoms with van der Waals surface area (Å²) in [6.07, 6.45) is 0.116. The van der Waals surface area contributed by atoms with Crippen LogP contribution in [0, 0.1) is 0 Å². The quantitative estimate of drug-likeness (QED) is 0.634. The van der Waals surface area contributed by atoms with E-state index in [1.54, 1.807) is 14.1 Å². The molecule has 0 saturated carbocycles. The largest absolute Gasteiger partial charge is 0.481 e. The number of hydrogen-bond donors (Lipinski definition) is 1. The normalized spacial score (nSPS) is 9.50. The minimum absolute atomic E-state index is 0.0189. The van der Waals surface area contributed by atoms with Gasteiger partial charge in [0.05, 0.1) is 12.2 Å². The fourth-order valence-electron chi connectivity index (χ4n) is 0.448. The summed E-state index contributed by atoms with van der Waals surface area (Å²) in [5.74, 6) is 0.0556. The van der Waals surface area contributed by atoms with Crippen molar-refractivity contribution in [3.05, 3.63) is 0 Å². The molecule has 70 valence electrons. The Kier molecular flexibility index (Phi) is 5.53. The van der Waals surface area contributed by atoms with Gasteiger partial charge in [-0.1, -0.05) is 0 Å². The highest BCUT2D eigenvalue weighted by atomic mass is 32.2. The number of aliphatic carboxylic acids is 1. The van der Waals surface area contributed by atoms with E-state index < -0.39 is 5.97 Å². The number of carbonyl (C=O) groups is 2. The van der Waals surface area contributed by atoms with Gasteiger partial charge in [0.25, 0.3) is 0 Å². The molecule has 0 spiro atoms. The SMILES string of the molecule is CN(C)C(=O)CSCCC(=O)O. The first-order valence-electron chi connectivity index (χ1n) is 3.53. The van der Waals surface area contributed by atoms with Gasteiger partial charge in [-0.25, -0.2) is 0 Å². The van der Waals surface area contributed by atoms with E-state index in [0.29, 0.717) is 11.5 Å². The lowest BCUT2D eigenvalue weighted by Gasteiger charge is -2.08. The van der Waals surface area contributed by atoms with Crippen molar-refractivity contribution >= 4 is 23.6 Å². The third-order valence-corrected chi connectivity index (χ3v) is 2.13. The smallest absolute Gasteiger partial charge is 0.304 e. The highest BCUT2D eigenvalue weighted by Crippen LogP contribution is 2.02. The predicted molar refractivity (Wildman–Crippen MR) is 48.3 cm³/mol. The van der Waals surface area contributed by atoms with Crippen LogP contribution in [0.4, 0.5) is 0 Å². The second-order valence-electron chi connectivity index (χ2n) is 2.48. The molecule has 0 aliphatic carbocycles. The van der Waals surface area contributed by atoms with Gasteiger partial charge >= 0.3 is 5.97 Å². The molecule has 1 amide bonds. The monoisotopic (exact) mass is 191 g/mol. The summed E-state index contributed by atoms with van der Waals surface area (Å²) in [4.78, 5) is 22.5. The number of thioether (sulfide) groups is 1. The molecule has 0 fully saturated rings. The van der Waals surface area contributed by atoms with Gasteiger partial charge in [0.15, 0.2) is 0 Å². The van der Waals surface area contributed by atoms with Gasteiger partial charge in [-0.2, -0.15) is 11.8 Å². The van der Waals surface area contributed by atoms with Crippen molar-refractivity contribution in [1.82, 2.24) is 4.90 Å². The Morgan fingerprint density at radius 2 is 2.00 bits per heavy atom. The molecule has 0 radical (unpaired) electrons. The van der Waals surface area contributed by atoms with E-state index in [9.17, 15) is 9.59 Å². The predicted octanol–water partition coefficient (Wildman–Crippen LogP) is 0.282. The van der Waals surface area contributed by atoms with Gasteiger partial charge in [0.2, 0.25) is 5.91 Å². The van der Waals surface area contributed by atoms with Gasteiger partial charge in [0, 0.05) is 19.8 Å². The van der Waals surface area contributed by atoms with E-state index >= 15 is 0 Å². The molecule has 5 heteroatoms. The van der Waals surface area contributed by atoms with E-state index in [-0.39, 0.29) is 12.3 Å². The van der Waals surface area contributed by atoms with Crippen LogP contribution >= 0.6 is 11.8 Å². The molecule has 0 aliphatic rings. The Labute approximate surface area is 75.9 Å². The summed E-state index contributed by atoms with van der Waals surface area (Å²) >= 11 is 1.35. The van der Waals surface area contributed by atoms with E-state index in [1.807, 2.05) is 0 Å². The van der Waals surface area contributed by atoms with Crippen LogP contribution in [0.15, 0.2) is 0 Å². The van der Waals surface area contributed by atoms with Crippen molar-refractivity contribution in [2.75, 3.05) is 25.6 Å². The molecule has 0 saturated heterocycles. The Bertz CT molecular complexity index is 170. The van der Waals surface area contributed by atoms with Crippen LogP contribution in [0.2, 0.25) is 0 Å². The van der Waals surface area contributed by atoms with E-state index in [4.69, 9.17) is 5.11 Å². The molecule has 0 bridgehead atoms. The van der Waals surface area contributed by atoms with Gasteiger partial charge in [0.1, 0.15) is 0 Å². The van der Waals surface area contributed by atoms with Crippen LogP contribution in [0.25, 0.3) is 0 Å². The van der Waals surface area contributed by atoms with E-state index in [1.165, 1.54) is 16.7 Å². The molecular formula is C7H13NO3S. The lowest BCUT2D eigenvalue weighted by Crippen LogP contribution is -2.23. The van der Waals surface area contributed by atoms with Gasteiger partial charge < -0.3 is 10.0 Å². The maximum Gasteiger partial charge on any atom is 0.304 e. The first-order valence-corrected chi connectivity index (χ1v) is 4.69. The maximum atomic E-state index is 10.9.